The highest BCUT2D eigenvalue weighted by Gasteiger charge is 2.21. The Bertz CT molecular complexity index is 604. The highest BCUT2D eigenvalue weighted by atomic mass is 16.3. The summed E-state index contributed by atoms with van der Waals surface area (Å²) in [5, 5.41) is 8.94. The molecule has 0 saturated carbocycles. The van der Waals surface area contributed by atoms with Crippen molar-refractivity contribution in [3.05, 3.63) is 35.8 Å². The average molecular weight is 275 g/mol. The van der Waals surface area contributed by atoms with Crippen LogP contribution in [0.15, 0.2) is 24.4 Å². The molecule has 0 bridgehead atoms. The Kier molecular flexibility index (Phi) is 4.39. The number of rotatable bonds is 5. The second-order valence-electron chi connectivity index (χ2n) is 5.19. The van der Waals surface area contributed by atoms with Crippen LogP contribution in [0.5, 0.6) is 0 Å². The summed E-state index contributed by atoms with van der Waals surface area (Å²) in [6, 6.07) is 5.88. The molecule has 108 valence electrons. The van der Waals surface area contributed by atoms with Crippen molar-refractivity contribution in [1.82, 2.24) is 14.3 Å². The van der Waals surface area contributed by atoms with Gasteiger partial charge < -0.3 is 14.4 Å². The number of amides is 1. The van der Waals surface area contributed by atoms with E-state index in [1.165, 1.54) is 0 Å². The minimum Gasteiger partial charge on any atom is -0.396 e. The molecule has 0 aliphatic carbocycles. The molecule has 2 aromatic rings. The number of hydrogen-bond acceptors (Lipinski definition) is 3. The van der Waals surface area contributed by atoms with Gasteiger partial charge in [-0.1, -0.05) is 6.07 Å². The minimum absolute atomic E-state index is 0.0833. The topological polar surface area (TPSA) is 57.8 Å². The summed E-state index contributed by atoms with van der Waals surface area (Å²) < 4.78 is 1.91. The van der Waals surface area contributed by atoms with Crippen molar-refractivity contribution >= 4 is 11.6 Å². The fourth-order valence-electron chi connectivity index (χ4n) is 2.23. The standard InChI is InChI=1S/C15H21N3O2/c1-11(2)17(8-5-9-19)15(20)13-10-18-12(3)6-4-7-14(18)16-13/h4,6-7,10-11,19H,5,8-9H2,1-3H3. The van der Waals surface area contributed by atoms with Crippen molar-refractivity contribution in [3.8, 4) is 0 Å². The number of fused-ring (bicyclic) bond motifs is 1. The number of nitrogens with zero attached hydrogens (tertiary/aromatic N) is 3. The van der Waals surface area contributed by atoms with E-state index in [0.717, 1.165) is 11.3 Å². The number of carbonyl (C=O) groups is 1. The largest absolute Gasteiger partial charge is 0.396 e. The molecule has 0 atom stereocenters. The summed E-state index contributed by atoms with van der Waals surface area (Å²) in [5.41, 5.74) is 2.27. The SMILES string of the molecule is Cc1cccc2nc(C(=O)N(CCCO)C(C)C)cn12. The van der Waals surface area contributed by atoms with Gasteiger partial charge in [-0.05, 0) is 39.3 Å². The Morgan fingerprint density at radius 1 is 1.45 bits per heavy atom. The lowest BCUT2D eigenvalue weighted by molar-refractivity contribution is 0.0688. The number of imidazole rings is 1. The summed E-state index contributed by atoms with van der Waals surface area (Å²) >= 11 is 0. The van der Waals surface area contributed by atoms with Crippen LogP contribution in [0.3, 0.4) is 0 Å². The molecule has 1 amide bonds. The third-order valence-corrected chi connectivity index (χ3v) is 3.36. The summed E-state index contributed by atoms with van der Waals surface area (Å²) in [6.45, 7) is 6.54. The van der Waals surface area contributed by atoms with E-state index >= 15 is 0 Å². The predicted octanol–water partition coefficient (Wildman–Crippen LogP) is 1.88. The molecule has 0 aromatic carbocycles. The number of hydrogen-bond donors (Lipinski definition) is 1. The Labute approximate surface area is 118 Å². The maximum atomic E-state index is 12.5. The molecule has 0 radical (unpaired) electrons. The lowest BCUT2D eigenvalue weighted by atomic mass is 10.2. The van der Waals surface area contributed by atoms with Gasteiger partial charge >= 0.3 is 0 Å². The number of pyridine rings is 1. The quantitative estimate of drug-likeness (QED) is 0.906. The van der Waals surface area contributed by atoms with Crippen LogP contribution < -0.4 is 0 Å². The molecular formula is C15H21N3O2. The smallest absolute Gasteiger partial charge is 0.274 e. The van der Waals surface area contributed by atoms with E-state index in [1.807, 2.05) is 43.4 Å². The van der Waals surface area contributed by atoms with Crippen molar-refractivity contribution in [3.63, 3.8) is 0 Å². The van der Waals surface area contributed by atoms with Crippen molar-refractivity contribution in [1.29, 1.82) is 0 Å². The van der Waals surface area contributed by atoms with Gasteiger partial charge in [0.1, 0.15) is 11.3 Å². The molecule has 0 spiro atoms. The van der Waals surface area contributed by atoms with Gasteiger partial charge in [0.15, 0.2) is 0 Å². The van der Waals surface area contributed by atoms with E-state index in [0.29, 0.717) is 18.7 Å². The molecule has 1 N–H and O–H groups in total. The molecule has 5 nitrogen and oxygen atoms in total. The summed E-state index contributed by atoms with van der Waals surface area (Å²) in [7, 11) is 0. The van der Waals surface area contributed by atoms with Crippen LogP contribution in [-0.2, 0) is 0 Å². The Hall–Kier alpha value is -1.88. The second-order valence-corrected chi connectivity index (χ2v) is 5.19. The predicted molar refractivity (Wildman–Crippen MR) is 77.8 cm³/mol. The fourth-order valence-corrected chi connectivity index (χ4v) is 2.23. The molecule has 0 aliphatic rings. The fraction of sp³-hybridized carbons (Fsp3) is 0.467. The molecule has 0 saturated heterocycles. The molecule has 5 heteroatoms. The molecule has 2 aromatic heterocycles. The number of aryl methyl sites for hydroxylation is 1. The van der Waals surface area contributed by atoms with Gasteiger partial charge in [-0.2, -0.15) is 0 Å². The minimum atomic E-state index is -0.0865. The Morgan fingerprint density at radius 3 is 2.80 bits per heavy atom. The van der Waals surface area contributed by atoms with Gasteiger partial charge in [-0.25, -0.2) is 4.98 Å². The van der Waals surface area contributed by atoms with Crippen molar-refractivity contribution in [2.45, 2.75) is 33.2 Å². The third-order valence-electron chi connectivity index (χ3n) is 3.36. The monoisotopic (exact) mass is 275 g/mol. The van der Waals surface area contributed by atoms with Gasteiger partial charge in [0.05, 0.1) is 0 Å². The number of aliphatic hydroxyl groups excluding tert-OH is 1. The maximum absolute atomic E-state index is 12.5. The molecule has 2 heterocycles. The normalized spacial score (nSPS) is 11.2. The molecule has 0 aliphatic heterocycles. The maximum Gasteiger partial charge on any atom is 0.274 e. The van der Waals surface area contributed by atoms with Gasteiger partial charge in [0.25, 0.3) is 5.91 Å². The Morgan fingerprint density at radius 2 is 2.20 bits per heavy atom. The summed E-state index contributed by atoms with van der Waals surface area (Å²) in [4.78, 5) is 18.7. The second kappa shape index (κ2) is 6.05. The number of aliphatic hydroxyl groups is 1. The van der Waals surface area contributed by atoms with Gasteiger partial charge in [-0.3, -0.25) is 4.79 Å². The van der Waals surface area contributed by atoms with Crippen molar-refractivity contribution in [2.75, 3.05) is 13.2 Å². The first-order valence-corrected chi connectivity index (χ1v) is 6.91. The van der Waals surface area contributed by atoms with Crippen LogP contribution in [-0.4, -0.2) is 44.5 Å². The first-order chi connectivity index (χ1) is 9.54. The zero-order chi connectivity index (χ0) is 14.7. The zero-order valence-corrected chi connectivity index (χ0v) is 12.2. The van der Waals surface area contributed by atoms with Crippen molar-refractivity contribution in [2.24, 2.45) is 0 Å². The van der Waals surface area contributed by atoms with Crippen LogP contribution in [0.2, 0.25) is 0 Å². The van der Waals surface area contributed by atoms with Crippen LogP contribution in [0.4, 0.5) is 0 Å². The highest BCUT2D eigenvalue weighted by molar-refractivity contribution is 5.93. The third kappa shape index (κ3) is 2.82. The van der Waals surface area contributed by atoms with Crippen molar-refractivity contribution < 1.29 is 9.90 Å². The first-order valence-electron chi connectivity index (χ1n) is 6.91. The van der Waals surface area contributed by atoms with Crippen LogP contribution in [0, 0.1) is 6.92 Å². The molecule has 0 unspecified atom stereocenters. The average Bonchev–Trinajstić information content (AvgIpc) is 2.84. The van der Waals surface area contributed by atoms with Crippen LogP contribution in [0.25, 0.3) is 5.65 Å². The lowest BCUT2D eigenvalue weighted by Crippen LogP contribution is -2.38. The zero-order valence-electron chi connectivity index (χ0n) is 12.2. The van der Waals surface area contributed by atoms with E-state index in [-0.39, 0.29) is 18.6 Å². The van der Waals surface area contributed by atoms with Crippen LogP contribution >= 0.6 is 0 Å². The highest BCUT2D eigenvalue weighted by Crippen LogP contribution is 2.12. The Balaban J connectivity index is 2.31. The number of carbonyl (C=O) groups excluding carboxylic acids is 1. The molecular weight excluding hydrogens is 254 g/mol. The van der Waals surface area contributed by atoms with E-state index in [1.54, 1.807) is 11.1 Å². The molecule has 2 rings (SSSR count). The van der Waals surface area contributed by atoms with E-state index in [4.69, 9.17) is 5.11 Å². The van der Waals surface area contributed by atoms with E-state index < -0.39 is 0 Å². The summed E-state index contributed by atoms with van der Waals surface area (Å²) in [5.74, 6) is -0.0865. The van der Waals surface area contributed by atoms with Gasteiger partial charge in [0.2, 0.25) is 0 Å². The first kappa shape index (κ1) is 14.5. The van der Waals surface area contributed by atoms with Crippen LogP contribution in [0.1, 0.15) is 36.5 Å². The molecule has 20 heavy (non-hydrogen) atoms. The van der Waals surface area contributed by atoms with E-state index in [2.05, 4.69) is 4.98 Å². The lowest BCUT2D eigenvalue weighted by Gasteiger charge is -2.25. The van der Waals surface area contributed by atoms with E-state index in [9.17, 15) is 4.79 Å². The van der Waals surface area contributed by atoms with Gasteiger partial charge in [0, 0.05) is 31.1 Å². The summed E-state index contributed by atoms with van der Waals surface area (Å²) in [6.07, 6.45) is 2.36. The van der Waals surface area contributed by atoms with Gasteiger partial charge in [-0.15, -0.1) is 0 Å². The number of aromatic nitrogens is 2. The molecule has 0 fully saturated rings.